The fraction of sp³-hybridized carbons (Fsp3) is 0.333. The molecule has 0 atom stereocenters. The first-order valence-electron chi connectivity index (χ1n) is 5.06. The molecule has 16 heavy (non-hydrogen) atoms. The quantitative estimate of drug-likeness (QED) is 0.771. The summed E-state index contributed by atoms with van der Waals surface area (Å²) in [7, 11) is 1.34. The molecule has 4 nitrogen and oxygen atoms in total. The zero-order chi connectivity index (χ0) is 12.0. The fourth-order valence-electron chi connectivity index (χ4n) is 1.30. The van der Waals surface area contributed by atoms with Crippen molar-refractivity contribution in [2.45, 2.75) is 13.3 Å². The Morgan fingerprint density at radius 2 is 2.00 bits per heavy atom. The van der Waals surface area contributed by atoms with Crippen LogP contribution in [-0.2, 0) is 9.53 Å². The van der Waals surface area contributed by atoms with E-state index in [4.69, 9.17) is 0 Å². The molecule has 1 rings (SSSR count). The molecule has 0 heterocycles. The van der Waals surface area contributed by atoms with E-state index in [0.717, 1.165) is 0 Å². The van der Waals surface area contributed by atoms with Crippen molar-refractivity contribution in [1.82, 2.24) is 0 Å². The highest BCUT2D eigenvalue weighted by Crippen LogP contribution is 2.15. The third kappa shape index (κ3) is 3.38. The average molecular weight is 221 g/mol. The van der Waals surface area contributed by atoms with Gasteiger partial charge in [-0.15, -0.1) is 0 Å². The number of esters is 1. The van der Waals surface area contributed by atoms with E-state index in [1.165, 1.54) is 14.0 Å². The molecule has 0 aliphatic carbocycles. The van der Waals surface area contributed by atoms with Gasteiger partial charge in [0.05, 0.1) is 12.7 Å². The van der Waals surface area contributed by atoms with Gasteiger partial charge in [0.2, 0.25) is 0 Å². The van der Waals surface area contributed by atoms with Crippen molar-refractivity contribution < 1.29 is 14.3 Å². The van der Waals surface area contributed by atoms with Crippen molar-refractivity contribution in [2.24, 2.45) is 0 Å². The van der Waals surface area contributed by atoms with Gasteiger partial charge in [-0.05, 0) is 19.1 Å². The van der Waals surface area contributed by atoms with Crippen LogP contribution in [0.3, 0.4) is 0 Å². The summed E-state index contributed by atoms with van der Waals surface area (Å²) in [4.78, 5) is 22.2. The number of carbonyl (C=O) groups is 2. The molecule has 0 aliphatic rings. The summed E-state index contributed by atoms with van der Waals surface area (Å²) in [5.41, 5.74) is 1.17. The van der Waals surface area contributed by atoms with E-state index in [0.29, 0.717) is 24.2 Å². The summed E-state index contributed by atoms with van der Waals surface area (Å²) < 4.78 is 4.66. The van der Waals surface area contributed by atoms with Gasteiger partial charge in [0, 0.05) is 18.7 Å². The lowest BCUT2D eigenvalue weighted by molar-refractivity contribution is -0.116. The first-order valence-corrected chi connectivity index (χ1v) is 5.06. The maximum Gasteiger partial charge on any atom is 0.339 e. The number of nitrogens with one attached hydrogen (secondary N) is 1. The standard InChI is InChI=1S/C12H15NO3/c1-9(14)7-8-13-11-6-4-3-5-10(11)12(15)16-2/h3-6,13H,7-8H2,1-2H3. The maximum atomic E-state index is 11.4. The van der Waals surface area contributed by atoms with Crippen LogP contribution < -0.4 is 5.32 Å². The molecule has 0 spiro atoms. The summed E-state index contributed by atoms with van der Waals surface area (Å²) in [6, 6.07) is 7.05. The van der Waals surface area contributed by atoms with Crippen molar-refractivity contribution in [3.8, 4) is 0 Å². The molecule has 1 aromatic carbocycles. The minimum atomic E-state index is -0.383. The Bertz CT molecular complexity index is 388. The SMILES string of the molecule is COC(=O)c1ccccc1NCCC(C)=O. The van der Waals surface area contributed by atoms with Gasteiger partial charge in [-0.1, -0.05) is 12.1 Å². The Morgan fingerprint density at radius 3 is 2.62 bits per heavy atom. The van der Waals surface area contributed by atoms with Crippen LogP contribution in [0.15, 0.2) is 24.3 Å². The second kappa shape index (κ2) is 5.90. The number of ether oxygens (including phenoxy) is 1. The second-order valence-electron chi connectivity index (χ2n) is 3.42. The van der Waals surface area contributed by atoms with Crippen LogP contribution >= 0.6 is 0 Å². The lowest BCUT2D eigenvalue weighted by Gasteiger charge is -2.09. The monoisotopic (exact) mass is 221 g/mol. The zero-order valence-electron chi connectivity index (χ0n) is 9.45. The van der Waals surface area contributed by atoms with Gasteiger partial charge in [0.1, 0.15) is 5.78 Å². The summed E-state index contributed by atoms with van der Waals surface area (Å²) in [6.07, 6.45) is 0.440. The molecule has 0 radical (unpaired) electrons. The Kier molecular flexibility index (Phi) is 4.51. The Morgan fingerprint density at radius 1 is 1.31 bits per heavy atom. The molecule has 0 aliphatic heterocycles. The van der Waals surface area contributed by atoms with E-state index >= 15 is 0 Å². The molecule has 0 bridgehead atoms. The lowest BCUT2D eigenvalue weighted by Crippen LogP contribution is -2.10. The first-order chi connectivity index (χ1) is 7.65. The first kappa shape index (κ1) is 12.2. The normalized spacial score (nSPS) is 9.62. The Labute approximate surface area is 94.6 Å². The van der Waals surface area contributed by atoms with Gasteiger partial charge in [-0.25, -0.2) is 4.79 Å². The number of benzene rings is 1. The predicted octanol–water partition coefficient (Wildman–Crippen LogP) is 1.86. The molecule has 0 fully saturated rings. The van der Waals surface area contributed by atoms with E-state index < -0.39 is 0 Å². The number of ketones is 1. The van der Waals surface area contributed by atoms with Crippen LogP contribution in [0, 0.1) is 0 Å². The van der Waals surface area contributed by atoms with Crippen molar-refractivity contribution in [3.05, 3.63) is 29.8 Å². The van der Waals surface area contributed by atoms with Crippen LogP contribution in [0.25, 0.3) is 0 Å². The van der Waals surface area contributed by atoms with Gasteiger partial charge >= 0.3 is 5.97 Å². The zero-order valence-corrected chi connectivity index (χ0v) is 9.45. The number of methoxy groups -OCH3 is 1. The fourth-order valence-corrected chi connectivity index (χ4v) is 1.30. The Hall–Kier alpha value is -1.84. The maximum absolute atomic E-state index is 11.4. The largest absolute Gasteiger partial charge is 0.465 e. The molecule has 0 saturated heterocycles. The molecule has 0 unspecified atom stereocenters. The highest BCUT2D eigenvalue weighted by atomic mass is 16.5. The van der Waals surface area contributed by atoms with Crippen molar-refractivity contribution >= 4 is 17.4 Å². The van der Waals surface area contributed by atoms with Crippen LogP contribution in [-0.4, -0.2) is 25.4 Å². The van der Waals surface area contributed by atoms with Crippen molar-refractivity contribution in [2.75, 3.05) is 19.0 Å². The minimum Gasteiger partial charge on any atom is -0.465 e. The molecule has 4 heteroatoms. The van der Waals surface area contributed by atoms with E-state index in [-0.39, 0.29) is 11.8 Å². The van der Waals surface area contributed by atoms with Crippen molar-refractivity contribution in [3.63, 3.8) is 0 Å². The lowest BCUT2D eigenvalue weighted by atomic mass is 10.1. The third-order valence-corrected chi connectivity index (χ3v) is 2.12. The molecule has 0 saturated carbocycles. The summed E-state index contributed by atoms with van der Waals surface area (Å²) in [5.74, 6) is -0.269. The van der Waals surface area contributed by atoms with E-state index in [1.807, 2.05) is 6.07 Å². The molecule has 86 valence electrons. The van der Waals surface area contributed by atoms with E-state index in [2.05, 4.69) is 10.1 Å². The number of para-hydroxylation sites is 1. The van der Waals surface area contributed by atoms with Crippen molar-refractivity contribution in [1.29, 1.82) is 0 Å². The Balaban J connectivity index is 2.71. The summed E-state index contributed by atoms with van der Waals surface area (Å²) in [6.45, 7) is 2.05. The predicted molar refractivity (Wildman–Crippen MR) is 61.6 cm³/mol. The molecular formula is C12H15NO3. The van der Waals surface area contributed by atoms with E-state index in [1.54, 1.807) is 18.2 Å². The molecular weight excluding hydrogens is 206 g/mol. The highest BCUT2D eigenvalue weighted by molar-refractivity contribution is 5.95. The second-order valence-corrected chi connectivity index (χ2v) is 3.42. The number of hydrogen-bond donors (Lipinski definition) is 1. The number of rotatable bonds is 5. The number of anilines is 1. The summed E-state index contributed by atoms with van der Waals surface area (Å²) >= 11 is 0. The minimum absolute atomic E-state index is 0.114. The van der Waals surface area contributed by atoms with Gasteiger partial charge in [0.15, 0.2) is 0 Å². The molecule has 0 amide bonds. The topological polar surface area (TPSA) is 55.4 Å². The van der Waals surface area contributed by atoms with Gasteiger partial charge in [-0.3, -0.25) is 4.79 Å². The van der Waals surface area contributed by atoms with Crippen LogP contribution in [0.1, 0.15) is 23.7 Å². The smallest absolute Gasteiger partial charge is 0.339 e. The number of Topliss-reactive ketones (excluding diaryl/α,β-unsaturated/α-hetero) is 1. The van der Waals surface area contributed by atoms with E-state index in [9.17, 15) is 9.59 Å². The van der Waals surface area contributed by atoms with Crippen LogP contribution in [0.4, 0.5) is 5.69 Å². The third-order valence-electron chi connectivity index (χ3n) is 2.12. The van der Waals surface area contributed by atoms with Crippen LogP contribution in [0.2, 0.25) is 0 Å². The molecule has 1 aromatic rings. The van der Waals surface area contributed by atoms with Crippen LogP contribution in [0.5, 0.6) is 0 Å². The number of carbonyl (C=O) groups excluding carboxylic acids is 2. The highest BCUT2D eigenvalue weighted by Gasteiger charge is 2.10. The van der Waals surface area contributed by atoms with Gasteiger partial charge in [-0.2, -0.15) is 0 Å². The summed E-state index contributed by atoms with van der Waals surface area (Å²) in [5, 5.41) is 3.04. The number of hydrogen-bond acceptors (Lipinski definition) is 4. The molecule has 0 aromatic heterocycles. The van der Waals surface area contributed by atoms with Gasteiger partial charge in [0.25, 0.3) is 0 Å². The molecule has 1 N–H and O–H groups in total. The average Bonchev–Trinajstić information content (AvgIpc) is 2.28. The van der Waals surface area contributed by atoms with Gasteiger partial charge < -0.3 is 10.1 Å².